The molecule has 7 nitrogen and oxygen atoms in total. The van der Waals surface area contributed by atoms with E-state index in [9.17, 15) is 14.4 Å². The quantitative estimate of drug-likeness (QED) is 0.532. The number of Topliss-reactive ketones (excluding diaryl/α,β-unsaturated/α-hetero) is 2. The van der Waals surface area contributed by atoms with E-state index in [1.165, 1.54) is 41.4 Å². The highest BCUT2D eigenvalue weighted by Crippen LogP contribution is 2.53. The van der Waals surface area contributed by atoms with Gasteiger partial charge in [-0.25, -0.2) is 4.79 Å². The summed E-state index contributed by atoms with van der Waals surface area (Å²) < 4.78 is 20.9. The summed E-state index contributed by atoms with van der Waals surface area (Å²) in [7, 11) is 5.21. The molecule has 0 saturated heterocycles. The molecule has 0 aliphatic heterocycles. The van der Waals surface area contributed by atoms with Crippen molar-refractivity contribution in [3.05, 3.63) is 11.6 Å². The molecule has 1 saturated carbocycles. The molecular weight excluding hydrogens is 292 g/mol. The van der Waals surface area contributed by atoms with Crippen molar-refractivity contribution in [3.63, 3.8) is 0 Å². The lowest BCUT2D eigenvalue weighted by Gasteiger charge is -2.54. The molecule has 0 N–H and O–H groups in total. The van der Waals surface area contributed by atoms with Gasteiger partial charge in [0.15, 0.2) is 5.60 Å². The van der Waals surface area contributed by atoms with Crippen LogP contribution in [0.5, 0.6) is 0 Å². The second-order valence-electron chi connectivity index (χ2n) is 5.44. The summed E-state index contributed by atoms with van der Waals surface area (Å²) in [4.78, 5) is 37.0. The summed E-state index contributed by atoms with van der Waals surface area (Å²) in [6.45, 7) is 1.40. The van der Waals surface area contributed by atoms with Crippen molar-refractivity contribution >= 4 is 17.5 Å². The first-order chi connectivity index (χ1) is 10.3. The standard InChI is InChI=1S/C15H20O7/c1-8(16)10-6-11-9(12(17)19-2)7-14(10,20-3)13(18)15(11,21-4)22-5/h7,10-11H,6H2,1-5H3/t10-,11+,14-/m1/s1. The molecule has 0 radical (unpaired) electrons. The van der Waals surface area contributed by atoms with Crippen molar-refractivity contribution in [2.24, 2.45) is 11.8 Å². The van der Waals surface area contributed by atoms with Crippen LogP contribution in [0.1, 0.15) is 13.3 Å². The van der Waals surface area contributed by atoms with Crippen molar-refractivity contribution in [1.82, 2.24) is 0 Å². The number of carbonyl (C=O) groups excluding carboxylic acids is 3. The van der Waals surface area contributed by atoms with Crippen LogP contribution in [0.3, 0.4) is 0 Å². The first kappa shape index (κ1) is 16.8. The Morgan fingerprint density at radius 2 is 1.73 bits per heavy atom. The first-order valence-corrected chi connectivity index (χ1v) is 6.86. The zero-order chi connectivity index (χ0) is 16.7. The zero-order valence-electron chi connectivity index (χ0n) is 13.3. The Hall–Kier alpha value is -1.57. The monoisotopic (exact) mass is 312 g/mol. The van der Waals surface area contributed by atoms with E-state index in [0.29, 0.717) is 0 Å². The number of esters is 1. The second-order valence-corrected chi connectivity index (χ2v) is 5.44. The minimum Gasteiger partial charge on any atom is -0.466 e. The second kappa shape index (κ2) is 5.57. The van der Waals surface area contributed by atoms with Gasteiger partial charge in [0.25, 0.3) is 0 Å². The van der Waals surface area contributed by atoms with Crippen LogP contribution in [0.25, 0.3) is 0 Å². The van der Waals surface area contributed by atoms with Gasteiger partial charge in [-0.1, -0.05) is 0 Å². The fourth-order valence-corrected chi connectivity index (χ4v) is 3.62. The number of hydrogen-bond acceptors (Lipinski definition) is 7. The van der Waals surface area contributed by atoms with Crippen molar-refractivity contribution in [1.29, 1.82) is 0 Å². The number of ether oxygens (including phenoxy) is 4. The molecule has 1 fully saturated rings. The molecule has 2 bridgehead atoms. The third kappa shape index (κ3) is 1.89. The highest BCUT2D eigenvalue weighted by molar-refractivity contribution is 6.07. The fourth-order valence-electron chi connectivity index (χ4n) is 3.62. The molecule has 0 aromatic carbocycles. The summed E-state index contributed by atoms with van der Waals surface area (Å²) in [6.07, 6.45) is 1.59. The number of hydrogen-bond donors (Lipinski definition) is 0. The van der Waals surface area contributed by atoms with E-state index < -0.39 is 35.0 Å². The maximum absolute atomic E-state index is 13.0. The summed E-state index contributed by atoms with van der Waals surface area (Å²) >= 11 is 0. The fraction of sp³-hybridized carbons (Fsp3) is 0.667. The lowest BCUT2D eigenvalue weighted by Crippen LogP contribution is -2.70. The molecule has 0 spiro atoms. The van der Waals surface area contributed by atoms with Gasteiger partial charge in [0.05, 0.1) is 18.9 Å². The first-order valence-electron chi connectivity index (χ1n) is 6.86. The SMILES string of the molecule is COC(=O)C1=C[C@]2(OC)C(=O)C(OC)(OC)[C@H]1C[C@@H]2C(C)=O. The van der Waals surface area contributed by atoms with Crippen LogP contribution in [0.4, 0.5) is 0 Å². The van der Waals surface area contributed by atoms with E-state index in [-0.39, 0.29) is 17.8 Å². The molecule has 7 heteroatoms. The van der Waals surface area contributed by atoms with Gasteiger partial charge in [0, 0.05) is 26.9 Å². The third-order valence-electron chi connectivity index (χ3n) is 4.72. The van der Waals surface area contributed by atoms with Gasteiger partial charge in [-0.15, -0.1) is 0 Å². The molecular formula is C15H20O7. The number of fused-ring (bicyclic) bond motifs is 2. The maximum Gasteiger partial charge on any atom is 0.334 e. The van der Waals surface area contributed by atoms with Gasteiger partial charge in [-0.3, -0.25) is 9.59 Å². The molecule has 3 rings (SSSR count). The molecule has 0 amide bonds. The van der Waals surface area contributed by atoms with Crippen molar-refractivity contribution in [2.45, 2.75) is 24.7 Å². The Bertz CT molecular complexity index is 546. The lowest BCUT2D eigenvalue weighted by molar-refractivity contribution is -0.258. The topological polar surface area (TPSA) is 88.1 Å². The molecule has 0 heterocycles. The summed E-state index contributed by atoms with van der Waals surface area (Å²) in [6, 6.07) is 0. The Balaban J connectivity index is 2.71. The molecule has 0 aromatic rings. The van der Waals surface area contributed by atoms with E-state index in [1.54, 1.807) is 0 Å². The third-order valence-corrected chi connectivity index (χ3v) is 4.72. The molecule has 3 aliphatic rings. The van der Waals surface area contributed by atoms with Crippen molar-refractivity contribution < 1.29 is 33.3 Å². The molecule has 22 heavy (non-hydrogen) atoms. The Kier molecular flexibility index (Phi) is 4.25. The number of rotatable bonds is 5. The minimum absolute atomic E-state index is 0.193. The largest absolute Gasteiger partial charge is 0.466 e. The Labute approximate surface area is 128 Å². The molecule has 0 unspecified atom stereocenters. The minimum atomic E-state index is -1.67. The maximum atomic E-state index is 13.0. The Morgan fingerprint density at radius 1 is 1.14 bits per heavy atom. The van der Waals surface area contributed by atoms with E-state index >= 15 is 0 Å². The van der Waals surface area contributed by atoms with Gasteiger partial charge in [-0.05, 0) is 19.4 Å². The predicted octanol–water partition coefficient (Wildman–Crippen LogP) is 0.268. The smallest absolute Gasteiger partial charge is 0.334 e. The highest BCUT2D eigenvalue weighted by atomic mass is 16.7. The van der Waals surface area contributed by atoms with Gasteiger partial charge in [-0.2, -0.15) is 0 Å². The van der Waals surface area contributed by atoms with Crippen LogP contribution in [-0.4, -0.2) is 57.4 Å². The van der Waals surface area contributed by atoms with E-state index in [1.807, 2.05) is 0 Å². The average Bonchev–Trinajstić information content (AvgIpc) is 2.54. The number of ketones is 2. The van der Waals surface area contributed by atoms with Gasteiger partial charge >= 0.3 is 5.97 Å². The zero-order valence-corrected chi connectivity index (χ0v) is 13.3. The normalized spacial score (nSPS) is 32.6. The number of carbonyl (C=O) groups is 3. The number of methoxy groups -OCH3 is 4. The van der Waals surface area contributed by atoms with E-state index in [4.69, 9.17) is 18.9 Å². The van der Waals surface area contributed by atoms with Gasteiger partial charge in [0.2, 0.25) is 11.6 Å². The van der Waals surface area contributed by atoms with Crippen molar-refractivity contribution in [3.8, 4) is 0 Å². The van der Waals surface area contributed by atoms with E-state index in [0.717, 1.165) is 0 Å². The van der Waals surface area contributed by atoms with Crippen LogP contribution < -0.4 is 0 Å². The molecule has 122 valence electrons. The van der Waals surface area contributed by atoms with Crippen LogP contribution in [0.2, 0.25) is 0 Å². The summed E-state index contributed by atoms with van der Waals surface area (Å²) in [5, 5.41) is 0. The lowest BCUT2D eigenvalue weighted by atomic mass is 9.58. The Morgan fingerprint density at radius 3 is 2.14 bits per heavy atom. The predicted molar refractivity (Wildman–Crippen MR) is 73.9 cm³/mol. The van der Waals surface area contributed by atoms with Crippen LogP contribution >= 0.6 is 0 Å². The van der Waals surface area contributed by atoms with E-state index in [2.05, 4.69) is 0 Å². The van der Waals surface area contributed by atoms with Gasteiger partial charge in [0.1, 0.15) is 5.78 Å². The summed E-state index contributed by atoms with van der Waals surface area (Å²) in [5.74, 6) is -4.40. The van der Waals surface area contributed by atoms with Crippen LogP contribution in [-0.2, 0) is 33.3 Å². The average molecular weight is 312 g/mol. The highest BCUT2D eigenvalue weighted by Gasteiger charge is 2.69. The molecule has 3 aliphatic carbocycles. The molecule has 3 atom stereocenters. The van der Waals surface area contributed by atoms with Crippen LogP contribution in [0, 0.1) is 11.8 Å². The molecule has 0 aromatic heterocycles. The van der Waals surface area contributed by atoms with Crippen molar-refractivity contribution in [2.75, 3.05) is 28.4 Å². The summed E-state index contributed by atoms with van der Waals surface area (Å²) in [5.41, 5.74) is -1.36. The van der Waals surface area contributed by atoms with Gasteiger partial charge < -0.3 is 18.9 Å². The van der Waals surface area contributed by atoms with Crippen LogP contribution in [0.15, 0.2) is 11.6 Å².